The van der Waals surface area contributed by atoms with Gasteiger partial charge in [0.1, 0.15) is 15.7 Å². The van der Waals surface area contributed by atoms with E-state index in [0.29, 0.717) is 22.8 Å². The van der Waals surface area contributed by atoms with E-state index in [-0.39, 0.29) is 39.2 Å². The largest absolute Gasteiger partial charge is 0.598 e. The van der Waals surface area contributed by atoms with Crippen LogP contribution in [-0.4, -0.2) is 54.5 Å². The first kappa shape index (κ1) is 27.4. The Morgan fingerprint density at radius 3 is 2.67 bits per heavy atom. The third-order valence-electron chi connectivity index (χ3n) is 7.29. The lowest BCUT2D eigenvalue weighted by molar-refractivity contribution is -0.136. The molecular weight excluding hydrogens is 521 g/mol. The zero-order valence-corrected chi connectivity index (χ0v) is 23.2. The van der Waals surface area contributed by atoms with Gasteiger partial charge in [-0.15, -0.1) is 4.72 Å². The highest BCUT2D eigenvalue weighted by Gasteiger charge is 2.48. The number of carboxylic acids is 1. The van der Waals surface area contributed by atoms with E-state index in [1.807, 2.05) is 20.8 Å². The van der Waals surface area contributed by atoms with Crippen LogP contribution in [0.1, 0.15) is 65.0 Å². The molecule has 2 aromatic heterocycles. The Morgan fingerprint density at radius 2 is 2.00 bits per heavy atom. The van der Waals surface area contributed by atoms with Gasteiger partial charge in [0.2, 0.25) is 0 Å². The summed E-state index contributed by atoms with van der Waals surface area (Å²) in [6.07, 6.45) is 8.64. The van der Waals surface area contributed by atoms with Crippen molar-refractivity contribution >= 4 is 46.4 Å². The van der Waals surface area contributed by atoms with Gasteiger partial charge in [0.15, 0.2) is 0 Å². The van der Waals surface area contributed by atoms with Crippen molar-refractivity contribution in [2.45, 2.75) is 76.5 Å². The van der Waals surface area contributed by atoms with Gasteiger partial charge >= 0.3 is 5.97 Å². The molecule has 1 aliphatic carbocycles. The molecular formula is C25H33Cl2N5O3S. The molecule has 2 aliphatic rings. The van der Waals surface area contributed by atoms with Crippen LogP contribution in [0.4, 0.5) is 5.82 Å². The Labute approximate surface area is 225 Å². The summed E-state index contributed by atoms with van der Waals surface area (Å²) in [5.74, 6) is -0.172. The smallest absolute Gasteiger partial charge is 0.303 e. The Bertz CT molecular complexity index is 1110. The van der Waals surface area contributed by atoms with Crippen LogP contribution < -0.4 is 9.62 Å². The van der Waals surface area contributed by atoms with Crippen LogP contribution in [0, 0.1) is 5.41 Å². The normalized spacial score (nSPS) is 20.6. The second-order valence-corrected chi connectivity index (χ2v) is 13.4. The highest BCUT2D eigenvalue weighted by atomic mass is 35.5. The molecule has 2 aromatic rings. The zero-order valence-electron chi connectivity index (χ0n) is 20.9. The van der Waals surface area contributed by atoms with E-state index in [4.69, 9.17) is 33.2 Å². The maximum absolute atomic E-state index is 12.8. The number of aliphatic carboxylic acids is 1. The fourth-order valence-corrected chi connectivity index (χ4v) is 6.56. The molecule has 8 nitrogen and oxygen atoms in total. The van der Waals surface area contributed by atoms with Crippen molar-refractivity contribution in [2.24, 2.45) is 5.41 Å². The van der Waals surface area contributed by atoms with Gasteiger partial charge in [-0.25, -0.2) is 15.0 Å². The number of halogens is 2. The summed E-state index contributed by atoms with van der Waals surface area (Å²) in [4.78, 5) is 27.0. The van der Waals surface area contributed by atoms with Gasteiger partial charge in [0, 0.05) is 42.6 Å². The Kier molecular flexibility index (Phi) is 8.36. The standard InChI is InChI=1S/C25H33Cl2N5O3S/c1-24(2,3)36(35)31-19-5-4-9-25(19)10-13-32(14-11-25)23-17(6-7-20(33)34)30-18(15-29-23)16-8-12-28-22(27)21(16)26/h8,12,15,19,31H,4-7,9-11,13-14H2,1-3H3,(H,33,34)/t19-,36-/m1/s1. The zero-order chi connectivity index (χ0) is 26.1. The van der Waals surface area contributed by atoms with E-state index >= 15 is 0 Å². The first-order valence-electron chi connectivity index (χ1n) is 12.3. The predicted molar refractivity (Wildman–Crippen MR) is 144 cm³/mol. The van der Waals surface area contributed by atoms with Crippen LogP contribution in [-0.2, 0) is 22.6 Å². The molecule has 1 saturated carbocycles. The summed E-state index contributed by atoms with van der Waals surface area (Å²) >= 11 is 11.3. The van der Waals surface area contributed by atoms with Gasteiger partial charge in [0.05, 0.1) is 35.1 Å². The molecule has 0 bridgehead atoms. The van der Waals surface area contributed by atoms with Crippen molar-refractivity contribution in [3.63, 3.8) is 0 Å². The van der Waals surface area contributed by atoms with Crippen molar-refractivity contribution < 1.29 is 14.5 Å². The fraction of sp³-hybridized carbons (Fsp3) is 0.600. The molecule has 1 saturated heterocycles. The van der Waals surface area contributed by atoms with Crippen molar-refractivity contribution in [3.8, 4) is 11.3 Å². The number of aromatic nitrogens is 3. The minimum absolute atomic E-state index is 0.0433. The second kappa shape index (κ2) is 11.0. The summed E-state index contributed by atoms with van der Waals surface area (Å²) in [5, 5.41) is 9.77. The molecule has 0 radical (unpaired) electrons. The first-order chi connectivity index (χ1) is 17.0. The number of aryl methyl sites for hydroxylation is 1. The van der Waals surface area contributed by atoms with E-state index in [2.05, 4.69) is 14.6 Å². The van der Waals surface area contributed by atoms with E-state index in [9.17, 15) is 14.5 Å². The van der Waals surface area contributed by atoms with Crippen LogP contribution in [0.25, 0.3) is 11.3 Å². The molecule has 0 unspecified atom stereocenters. The maximum atomic E-state index is 12.8. The number of hydrogen-bond acceptors (Lipinski definition) is 7. The van der Waals surface area contributed by atoms with Gasteiger partial charge in [-0.3, -0.25) is 4.79 Å². The van der Waals surface area contributed by atoms with E-state index in [0.717, 1.165) is 45.2 Å². The number of nitrogens with zero attached hydrogens (tertiary/aromatic N) is 4. The molecule has 0 aromatic carbocycles. The third-order valence-corrected chi connectivity index (χ3v) is 9.67. The summed E-state index contributed by atoms with van der Waals surface area (Å²) in [6.45, 7) is 7.56. The quantitative estimate of drug-likeness (QED) is 0.361. The number of hydrogen-bond donors (Lipinski definition) is 2. The van der Waals surface area contributed by atoms with Crippen LogP contribution >= 0.6 is 23.2 Å². The molecule has 3 heterocycles. The van der Waals surface area contributed by atoms with Crippen molar-refractivity contribution in [3.05, 3.63) is 34.3 Å². The Hall–Kier alpha value is -1.65. The predicted octanol–water partition coefficient (Wildman–Crippen LogP) is 5.05. The average Bonchev–Trinajstić information content (AvgIpc) is 3.20. The lowest BCUT2D eigenvalue weighted by Gasteiger charge is -2.44. The number of nitrogens with one attached hydrogen (secondary N) is 1. The molecule has 2 fully saturated rings. The van der Waals surface area contributed by atoms with Crippen molar-refractivity contribution in [1.29, 1.82) is 0 Å². The first-order valence-corrected chi connectivity index (χ1v) is 14.2. The molecule has 1 aliphatic heterocycles. The third kappa shape index (κ3) is 5.91. The van der Waals surface area contributed by atoms with Gasteiger partial charge < -0.3 is 14.6 Å². The molecule has 2 N–H and O–H groups in total. The summed E-state index contributed by atoms with van der Waals surface area (Å²) in [5.41, 5.74) is 1.89. The lowest BCUT2D eigenvalue weighted by Crippen LogP contribution is -2.53. The van der Waals surface area contributed by atoms with Gasteiger partial charge in [-0.05, 0) is 57.9 Å². The number of carboxylic acid groups (broad SMARTS) is 1. The van der Waals surface area contributed by atoms with E-state index in [1.165, 1.54) is 0 Å². The van der Waals surface area contributed by atoms with Gasteiger partial charge in [0.25, 0.3) is 0 Å². The van der Waals surface area contributed by atoms with Crippen molar-refractivity contribution in [2.75, 3.05) is 18.0 Å². The van der Waals surface area contributed by atoms with Crippen molar-refractivity contribution in [1.82, 2.24) is 19.7 Å². The van der Waals surface area contributed by atoms with Crippen LogP contribution in [0.5, 0.6) is 0 Å². The molecule has 196 valence electrons. The maximum Gasteiger partial charge on any atom is 0.303 e. The van der Waals surface area contributed by atoms with E-state index < -0.39 is 17.3 Å². The van der Waals surface area contributed by atoms with Gasteiger partial charge in [-0.1, -0.05) is 29.6 Å². The highest BCUT2D eigenvalue weighted by Crippen LogP contribution is 2.47. The molecule has 11 heteroatoms. The molecule has 4 rings (SSSR count). The monoisotopic (exact) mass is 553 g/mol. The van der Waals surface area contributed by atoms with Gasteiger partial charge in [-0.2, -0.15) is 0 Å². The average molecular weight is 555 g/mol. The molecule has 1 spiro atoms. The van der Waals surface area contributed by atoms with Crippen LogP contribution in [0.3, 0.4) is 0 Å². The fourth-order valence-electron chi connectivity index (χ4n) is 5.21. The van der Waals surface area contributed by atoms with Crippen LogP contribution in [0.2, 0.25) is 10.2 Å². The summed E-state index contributed by atoms with van der Waals surface area (Å²) in [6, 6.07) is 1.95. The number of piperidine rings is 1. The molecule has 2 atom stereocenters. The number of carbonyl (C=O) groups is 1. The second-order valence-electron chi connectivity index (χ2n) is 10.7. The minimum atomic E-state index is -1.10. The number of anilines is 1. The van der Waals surface area contributed by atoms with Crippen LogP contribution in [0.15, 0.2) is 18.5 Å². The number of rotatable bonds is 7. The Morgan fingerprint density at radius 1 is 1.28 bits per heavy atom. The Balaban J connectivity index is 1.55. The molecule has 0 amide bonds. The molecule has 36 heavy (non-hydrogen) atoms. The van der Waals surface area contributed by atoms with E-state index in [1.54, 1.807) is 18.5 Å². The summed E-state index contributed by atoms with van der Waals surface area (Å²) < 4.78 is 15.9. The minimum Gasteiger partial charge on any atom is -0.598 e. The SMILES string of the molecule is CC(C)(C)[S@@+]([O-])N[C@@H]1CCCC12CCN(c1ncc(-c3ccnc(Cl)c3Cl)nc1CCC(=O)O)CC2. The topological polar surface area (TPSA) is 114 Å². The highest BCUT2D eigenvalue weighted by molar-refractivity contribution is 7.90. The summed E-state index contributed by atoms with van der Waals surface area (Å²) in [7, 11) is 0. The lowest BCUT2D eigenvalue weighted by atomic mass is 9.74. The number of pyridine rings is 1.